The molecule has 0 bridgehead atoms. The highest BCUT2D eigenvalue weighted by Crippen LogP contribution is 1.91. The van der Waals surface area contributed by atoms with Crippen molar-refractivity contribution in [2.75, 3.05) is 26.4 Å². The van der Waals surface area contributed by atoms with Crippen LogP contribution >= 0.6 is 0 Å². The Kier molecular flexibility index (Phi) is 7.57. The van der Waals surface area contributed by atoms with E-state index in [1.54, 1.807) is 0 Å². The lowest BCUT2D eigenvalue weighted by Gasteiger charge is -2.06. The molecule has 13 heavy (non-hydrogen) atoms. The molecular formula is C8H17NO4. The third-order valence-corrected chi connectivity index (χ3v) is 1.14. The second-order valence-electron chi connectivity index (χ2n) is 3.00. The summed E-state index contributed by atoms with van der Waals surface area (Å²) in [4.78, 5) is 14.7. The molecule has 0 aromatic rings. The van der Waals surface area contributed by atoms with Crippen molar-refractivity contribution in [1.29, 1.82) is 0 Å². The fourth-order valence-electron chi connectivity index (χ4n) is 0.643. The fraction of sp³-hybridized carbons (Fsp3) is 0.875. The van der Waals surface area contributed by atoms with Gasteiger partial charge in [0.15, 0.2) is 6.61 Å². The lowest BCUT2D eigenvalue weighted by atomic mass is 10.2. The third-order valence-electron chi connectivity index (χ3n) is 1.14. The van der Waals surface area contributed by atoms with Crippen molar-refractivity contribution >= 4 is 5.97 Å². The Morgan fingerprint density at radius 3 is 2.62 bits per heavy atom. The highest BCUT2D eigenvalue weighted by molar-refractivity contribution is 5.70. The first-order valence-corrected chi connectivity index (χ1v) is 4.22. The highest BCUT2D eigenvalue weighted by Gasteiger charge is 2.01. The van der Waals surface area contributed by atoms with E-state index in [4.69, 9.17) is 9.47 Å². The molecule has 0 aromatic heterocycles. The standard InChI is InChI=1S/C8H17NO4/c1-7(2)5-11-3-4-12-8(10)6-13-9/h7H,3-6,9H2,1-2H3. The number of nitrogens with two attached hydrogens (primary N) is 1. The minimum absolute atomic E-state index is 0.218. The summed E-state index contributed by atoms with van der Waals surface area (Å²) >= 11 is 0. The molecule has 5 heteroatoms. The van der Waals surface area contributed by atoms with Crippen LogP contribution < -0.4 is 5.90 Å². The van der Waals surface area contributed by atoms with Gasteiger partial charge in [-0.1, -0.05) is 13.8 Å². The topological polar surface area (TPSA) is 70.8 Å². The van der Waals surface area contributed by atoms with E-state index < -0.39 is 5.97 Å². The zero-order chi connectivity index (χ0) is 10.1. The maximum absolute atomic E-state index is 10.7. The van der Waals surface area contributed by atoms with Crippen LogP contribution in [0.2, 0.25) is 0 Å². The summed E-state index contributed by atoms with van der Waals surface area (Å²) in [5.41, 5.74) is 0. The molecule has 0 unspecified atom stereocenters. The predicted octanol–water partition coefficient (Wildman–Crippen LogP) is 0.0925. The minimum atomic E-state index is -0.476. The molecule has 0 spiro atoms. The largest absolute Gasteiger partial charge is 0.461 e. The van der Waals surface area contributed by atoms with Gasteiger partial charge in [0.1, 0.15) is 6.61 Å². The molecule has 5 nitrogen and oxygen atoms in total. The van der Waals surface area contributed by atoms with E-state index in [1.807, 2.05) is 13.8 Å². The molecule has 0 atom stereocenters. The van der Waals surface area contributed by atoms with Crippen molar-refractivity contribution in [3.63, 3.8) is 0 Å². The second-order valence-corrected chi connectivity index (χ2v) is 3.00. The predicted molar refractivity (Wildman–Crippen MR) is 46.8 cm³/mol. The molecule has 0 rings (SSSR count). The van der Waals surface area contributed by atoms with E-state index >= 15 is 0 Å². The molecule has 0 aromatic carbocycles. The van der Waals surface area contributed by atoms with Gasteiger partial charge in [-0.3, -0.25) is 4.84 Å². The van der Waals surface area contributed by atoms with Crippen LogP contribution in [-0.2, 0) is 19.1 Å². The Morgan fingerprint density at radius 1 is 1.38 bits per heavy atom. The first kappa shape index (κ1) is 12.3. The lowest BCUT2D eigenvalue weighted by molar-refractivity contribution is -0.150. The Labute approximate surface area is 78.1 Å². The van der Waals surface area contributed by atoms with E-state index in [-0.39, 0.29) is 13.2 Å². The van der Waals surface area contributed by atoms with Gasteiger partial charge >= 0.3 is 5.97 Å². The number of hydrogen-bond donors (Lipinski definition) is 1. The molecular weight excluding hydrogens is 174 g/mol. The third kappa shape index (κ3) is 9.26. The Morgan fingerprint density at radius 2 is 2.08 bits per heavy atom. The number of carbonyl (C=O) groups excluding carboxylic acids is 1. The summed E-state index contributed by atoms with van der Waals surface area (Å²) in [6.45, 7) is 5.21. The van der Waals surface area contributed by atoms with Crippen LogP contribution in [-0.4, -0.2) is 32.4 Å². The normalized spacial score (nSPS) is 10.5. The van der Waals surface area contributed by atoms with Crippen LogP contribution in [0.25, 0.3) is 0 Å². The van der Waals surface area contributed by atoms with Gasteiger partial charge in [-0.2, -0.15) is 0 Å². The molecule has 0 aliphatic rings. The number of esters is 1. The summed E-state index contributed by atoms with van der Waals surface area (Å²) in [6.07, 6.45) is 0. The number of hydrogen-bond acceptors (Lipinski definition) is 5. The maximum atomic E-state index is 10.7. The van der Waals surface area contributed by atoms with Crippen molar-refractivity contribution in [1.82, 2.24) is 0 Å². The van der Waals surface area contributed by atoms with E-state index in [2.05, 4.69) is 10.7 Å². The number of rotatable bonds is 7. The summed E-state index contributed by atoms with van der Waals surface area (Å²) in [5.74, 6) is 4.68. The molecule has 0 fully saturated rings. The first-order chi connectivity index (χ1) is 6.16. The van der Waals surface area contributed by atoms with Crippen molar-refractivity contribution < 1.29 is 19.1 Å². The van der Waals surface area contributed by atoms with Crippen LogP contribution in [0.5, 0.6) is 0 Å². The van der Waals surface area contributed by atoms with Gasteiger partial charge in [0.25, 0.3) is 0 Å². The van der Waals surface area contributed by atoms with Gasteiger partial charge in [-0.15, -0.1) is 0 Å². The van der Waals surface area contributed by atoms with Gasteiger partial charge in [-0.05, 0) is 5.92 Å². The zero-order valence-electron chi connectivity index (χ0n) is 8.12. The van der Waals surface area contributed by atoms with Crippen LogP contribution in [0.3, 0.4) is 0 Å². The monoisotopic (exact) mass is 191 g/mol. The van der Waals surface area contributed by atoms with Crippen LogP contribution in [0.1, 0.15) is 13.8 Å². The van der Waals surface area contributed by atoms with Crippen molar-refractivity contribution in [2.45, 2.75) is 13.8 Å². The summed E-state index contributed by atoms with van der Waals surface area (Å²) in [6, 6.07) is 0. The average Bonchev–Trinajstić information content (AvgIpc) is 2.03. The molecule has 2 N–H and O–H groups in total. The molecule has 0 aliphatic heterocycles. The number of ether oxygens (including phenoxy) is 2. The van der Waals surface area contributed by atoms with Crippen LogP contribution in [0, 0.1) is 5.92 Å². The Hall–Kier alpha value is -0.650. The molecule has 0 heterocycles. The van der Waals surface area contributed by atoms with E-state index in [0.717, 1.165) is 0 Å². The lowest BCUT2D eigenvalue weighted by Crippen LogP contribution is -2.18. The van der Waals surface area contributed by atoms with Crippen LogP contribution in [0.15, 0.2) is 0 Å². The SMILES string of the molecule is CC(C)COCCOC(=O)CON. The molecule has 0 saturated carbocycles. The Balaban J connectivity index is 3.11. The fourth-order valence-corrected chi connectivity index (χ4v) is 0.643. The van der Waals surface area contributed by atoms with Gasteiger partial charge in [-0.25, -0.2) is 10.7 Å². The second kappa shape index (κ2) is 7.97. The maximum Gasteiger partial charge on any atom is 0.334 e. The summed E-state index contributed by atoms with van der Waals surface area (Å²) in [5, 5.41) is 0. The average molecular weight is 191 g/mol. The van der Waals surface area contributed by atoms with Gasteiger partial charge in [0.05, 0.1) is 6.61 Å². The highest BCUT2D eigenvalue weighted by atomic mass is 16.6. The Bertz CT molecular complexity index is 138. The smallest absolute Gasteiger partial charge is 0.334 e. The van der Waals surface area contributed by atoms with E-state index in [0.29, 0.717) is 19.1 Å². The first-order valence-electron chi connectivity index (χ1n) is 4.22. The minimum Gasteiger partial charge on any atom is -0.461 e. The van der Waals surface area contributed by atoms with E-state index in [9.17, 15) is 4.79 Å². The van der Waals surface area contributed by atoms with E-state index in [1.165, 1.54) is 0 Å². The number of carbonyl (C=O) groups is 1. The quantitative estimate of drug-likeness (QED) is 0.351. The van der Waals surface area contributed by atoms with Crippen LogP contribution in [0.4, 0.5) is 0 Å². The van der Waals surface area contributed by atoms with Gasteiger partial charge in [0.2, 0.25) is 0 Å². The van der Waals surface area contributed by atoms with Gasteiger partial charge in [0, 0.05) is 6.61 Å². The molecule has 0 amide bonds. The molecule has 0 aliphatic carbocycles. The van der Waals surface area contributed by atoms with Crippen molar-refractivity contribution in [2.24, 2.45) is 11.8 Å². The summed E-state index contributed by atoms with van der Waals surface area (Å²) < 4.78 is 9.87. The van der Waals surface area contributed by atoms with Crippen molar-refractivity contribution in [3.8, 4) is 0 Å². The molecule has 0 saturated heterocycles. The zero-order valence-corrected chi connectivity index (χ0v) is 8.12. The molecule has 78 valence electrons. The van der Waals surface area contributed by atoms with Gasteiger partial charge < -0.3 is 9.47 Å². The molecule has 0 radical (unpaired) electrons. The summed E-state index contributed by atoms with van der Waals surface area (Å²) in [7, 11) is 0. The van der Waals surface area contributed by atoms with Crippen molar-refractivity contribution in [3.05, 3.63) is 0 Å².